The summed E-state index contributed by atoms with van der Waals surface area (Å²) in [6.07, 6.45) is 18.2. The zero-order valence-electron chi connectivity index (χ0n) is 12.3. The summed E-state index contributed by atoms with van der Waals surface area (Å²) in [6.45, 7) is 4.56. The summed E-state index contributed by atoms with van der Waals surface area (Å²) in [5, 5.41) is 0. The molecule has 106 valence electrons. The lowest BCUT2D eigenvalue weighted by Gasteiger charge is -1.99. The summed E-state index contributed by atoms with van der Waals surface area (Å²) in [6, 6.07) is 0. The highest BCUT2D eigenvalue weighted by molar-refractivity contribution is 8.07. The summed E-state index contributed by atoms with van der Waals surface area (Å²) >= 11 is 2.73. The molecule has 0 N–H and O–H groups in total. The van der Waals surface area contributed by atoms with Crippen molar-refractivity contribution in [3.8, 4) is 0 Å². The molecule has 3 heteroatoms. The molecular weight excluding hydrogens is 248 g/mol. The predicted octanol–water partition coefficient (Wildman–Crippen LogP) is 6.49. The van der Waals surface area contributed by atoms with Gasteiger partial charge in [0.1, 0.15) is 0 Å². The fraction of sp³-hybridized carbons (Fsp3) is 1.00. The topological polar surface area (TPSA) is 9.23 Å². The van der Waals surface area contributed by atoms with Gasteiger partial charge in [0.05, 0.1) is 0 Å². The molecule has 0 bridgehead atoms. The van der Waals surface area contributed by atoms with Gasteiger partial charge in [0, 0.05) is 36.6 Å². The molecule has 0 radical (unpaired) electrons. The lowest BCUT2D eigenvalue weighted by atomic mass is 10.1. The average molecular weight is 281 g/mol. The van der Waals surface area contributed by atoms with Gasteiger partial charge in [-0.05, 0) is 0 Å². The molecule has 0 aromatic rings. The maximum Gasteiger partial charge on any atom is 0.00948 e. The standard InChI is InChI=1S/C12H26.C2H6OS2/c1-3-5-7-9-11-12-10-8-6-4-2;1-4-3-5-2/h3-12H2,1-2H3;1-2H3. The Bertz CT molecular complexity index is 98.4. The fourth-order valence-electron chi connectivity index (χ4n) is 1.63. The van der Waals surface area contributed by atoms with Crippen LogP contribution < -0.4 is 0 Å². The van der Waals surface area contributed by atoms with Crippen LogP contribution in [0.2, 0.25) is 0 Å². The molecule has 0 atom stereocenters. The largest absolute Gasteiger partial charge is 0.248 e. The first-order valence-corrected chi connectivity index (χ1v) is 9.36. The van der Waals surface area contributed by atoms with E-state index in [2.05, 4.69) is 17.5 Å². The SMILES string of the molecule is CCCCCCCCCCCC.CSOSC. The van der Waals surface area contributed by atoms with E-state index in [9.17, 15) is 0 Å². The second-order valence-corrected chi connectivity index (χ2v) is 5.44. The average Bonchev–Trinajstić information content (AvgIpc) is 2.34. The van der Waals surface area contributed by atoms with Crippen molar-refractivity contribution in [1.29, 1.82) is 0 Å². The number of rotatable bonds is 11. The van der Waals surface area contributed by atoms with Crippen molar-refractivity contribution in [3.63, 3.8) is 0 Å². The van der Waals surface area contributed by atoms with Crippen molar-refractivity contribution in [3.05, 3.63) is 0 Å². The minimum Gasteiger partial charge on any atom is -0.248 e. The highest BCUT2D eigenvalue weighted by Crippen LogP contribution is 2.09. The molecule has 0 fully saturated rings. The predicted molar refractivity (Wildman–Crippen MR) is 85.6 cm³/mol. The minimum atomic E-state index is 1.36. The molecule has 0 heterocycles. The van der Waals surface area contributed by atoms with Crippen molar-refractivity contribution in [2.24, 2.45) is 0 Å². The minimum absolute atomic E-state index is 1.36. The quantitative estimate of drug-likeness (QED) is 0.316. The van der Waals surface area contributed by atoms with Crippen LogP contribution in [0.5, 0.6) is 0 Å². The summed E-state index contributed by atoms with van der Waals surface area (Å²) in [5.74, 6) is 0. The summed E-state index contributed by atoms with van der Waals surface area (Å²) < 4.78 is 4.67. The van der Waals surface area contributed by atoms with E-state index in [-0.39, 0.29) is 0 Å². The molecule has 0 spiro atoms. The lowest BCUT2D eigenvalue weighted by Crippen LogP contribution is -1.80. The zero-order valence-corrected chi connectivity index (χ0v) is 13.9. The third-order valence-corrected chi connectivity index (χ3v) is 3.68. The van der Waals surface area contributed by atoms with Gasteiger partial charge in [0.2, 0.25) is 0 Å². The Morgan fingerprint density at radius 3 is 1.06 bits per heavy atom. The molecule has 0 saturated carbocycles. The van der Waals surface area contributed by atoms with Crippen molar-refractivity contribution < 1.29 is 3.63 Å². The Morgan fingerprint density at radius 2 is 0.882 bits per heavy atom. The van der Waals surface area contributed by atoms with Crippen LogP contribution in [-0.2, 0) is 3.63 Å². The van der Waals surface area contributed by atoms with Gasteiger partial charge in [-0.1, -0.05) is 78.1 Å². The first-order chi connectivity index (χ1) is 8.33. The Balaban J connectivity index is 0. The molecule has 0 amide bonds. The lowest BCUT2D eigenvalue weighted by molar-refractivity contribution is 0.562. The van der Waals surface area contributed by atoms with Gasteiger partial charge in [-0.3, -0.25) is 0 Å². The highest BCUT2D eigenvalue weighted by atomic mass is 32.2. The van der Waals surface area contributed by atoms with E-state index in [1.807, 2.05) is 12.5 Å². The molecule has 17 heavy (non-hydrogen) atoms. The van der Waals surface area contributed by atoms with Gasteiger partial charge in [0.15, 0.2) is 0 Å². The van der Waals surface area contributed by atoms with E-state index in [1.165, 1.54) is 88.3 Å². The molecular formula is C14H32OS2. The third kappa shape index (κ3) is 26.3. The Morgan fingerprint density at radius 1 is 0.588 bits per heavy atom. The first kappa shape index (κ1) is 20.0. The van der Waals surface area contributed by atoms with Crippen LogP contribution >= 0.6 is 24.1 Å². The molecule has 0 aliphatic heterocycles. The second kappa shape index (κ2) is 21.9. The molecule has 0 aliphatic carbocycles. The zero-order chi connectivity index (χ0) is 13.2. The third-order valence-electron chi connectivity index (χ3n) is 2.59. The first-order valence-electron chi connectivity index (χ1n) is 7.06. The maximum absolute atomic E-state index is 4.67. The van der Waals surface area contributed by atoms with Crippen LogP contribution in [0.1, 0.15) is 78.1 Å². The summed E-state index contributed by atoms with van der Waals surface area (Å²) in [7, 11) is 0. The van der Waals surface area contributed by atoms with Gasteiger partial charge < -0.3 is 0 Å². The van der Waals surface area contributed by atoms with Crippen LogP contribution in [0.4, 0.5) is 0 Å². The van der Waals surface area contributed by atoms with E-state index in [0.29, 0.717) is 0 Å². The molecule has 1 nitrogen and oxygen atoms in total. The Hall–Kier alpha value is 0.660. The van der Waals surface area contributed by atoms with Gasteiger partial charge in [-0.2, -0.15) is 0 Å². The number of hydrogen-bond donors (Lipinski definition) is 0. The fourth-order valence-corrected chi connectivity index (χ4v) is 2.17. The molecule has 0 rings (SSSR count). The van der Waals surface area contributed by atoms with Crippen LogP contribution in [0, 0.1) is 0 Å². The van der Waals surface area contributed by atoms with Crippen LogP contribution in [0.25, 0.3) is 0 Å². The number of hydrogen-bond acceptors (Lipinski definition) is 3. The molecule has 0 saturated heterocycles. The van der Waals surface area contributed by atoms with Crippen molar-refractivity contribution in [2.75, 3.05) is 12.5 Å². The summed E-state index contributed by atoms with van der Waals surface area (Å²) in [4.78, 5) is 0. The molecule has 0 aliphatic rings. The maximum atomic E-state index is 4.67. The summed E-state index contributed by atoms with van der Waals surface area (Å²) in [5.41, 5.74) is 0. The highest BCUT2D eigenvalue weighted by Gasteiger charge is 1.90. The second-order valence-electron chi connectivity index (χ2n) is 4.23. The van der Waals surface area contributed by atoms with Crippen molar-refractivity contribution in [2.45, 2.75) is 78.1 Å². The van der Waals surface area contributed by atoms with E-state index in [0.717, 1.165) is 0 Å². The van der Waals surface area contributed by atoms with Gasteiger partial charge in [-0.15, -0.1) is 0 Å². The van der Waals surface area contributed by atoms with Gasteiger partial charge in [-0.25, -0.2) is 3.63 Å². The van der Waals surface area contributed by atoms with E-state index in [1.54, 1.807) is 0 Å². The van der Waals surface area contributed by atoms with E-state index >= 15 is 0 Å². The van der Waals surface area contributed by atoms with Gasteiger partial charge >= 0.3 is 0 Å². The van der Waals surface area contributed by atoms with Crippen molar-refractivity contribution in [1.82, 2.24) is 0 Å². The van der Waals surface area contributed by atoms with E-state index < -0.39 is 0 Å². The monoisotopic (exact) mass is 280 g/mol. The Kier molecular flexibility index (Phi) is 25.7. The van der Waals surface area contributed by atoms with Crippen LogP contribution in [0.15, 0.2) is 0 Å². The van der Waals surface area contributed by atoms with E-state index in [4.69, 9.17) is 0 Å². The number of unbranched alkanes of at least 4 members (excludes halogenated alkanes) is 9. The van der Waals surface area contributed by atoms with Crippen LogP contribution in [0.3, 0.4) is 0 Å². The van der Waals surface area contributed by atoms with Gasteiger partial charge in [0.25, 0.3) is 0 Å². The van der Waals surface area contributed by atoms with Crippen LogP contribution in [-0.4, -0.2) is 12.5 Å². The molecule has 0 aromatic carbocycles. The normalized spacial score (nSPS) is 9.88. The van der Waals surface area contributed by atoms with Crippen molar-refractivity contribution >= 4 is 24.1 Å². The molecule has 0 unspecified atom stereocenters. The Labute approximate surface area is 118 Å². The molecule has 0 aromatic heterocycles. The smallest absolute Gasteiger partial charge is 0.00948 e.